The molecule has 0 radical (unpaired) electrons. The summed E-state index contributed by atoms with van der Waals surface area (Å²) in [6.07, 6.45) is 11.8. The monoisotopic (exact) mass is 770 g/mol. The van der Waals surface area contributed by atoms with E-state index in [1.165, 1.54) is 11.6 Å². The van der Waals surface area contributed by atoms with Crippen LogP contribution in [0.25, 0.3) is 23.3 Å². The van der Waals surface area contributed by atoms with E-state index in [9.17, 15) is 8.78 Å². The van der Waals surface area contributed by atoms with Crippen LogP contribution in [0.1, 0.15) is 81.1 Å². The van der Waals surface area contributed by atoms with E-state index >= 15 is 0 Å². The molecule has 0 N–H and O–H groups in total. The summed E-state index contributed by atoms with van der Waals surface area (Å²) in [5.41, 5.74) is 14.6. The van der Waals surface area contributed by atoms with Crippen molar-refractivity contribution in [3.05, 3.63) is 140 Å². The van der Waals surface area contributed by atoms with Crippen LogP contribution in [0.5, 0.6) is 0 Å². The summed E-state index contributed by atoms with van der Waals surface area (Å²) in [4.78, 5) is 0. The third-order valence-electron chi connectivity index (χ3n) is 9.33. The molecule has 4 aromatic rings. The van der Waals surface area contributed by atoms with Crippen molar-refractivity contribution in [3.63, 3.8) is 0 Å². The molecule has 272 valence electrons. The second kappa shape index (κ2) is 18.7. The van der Waals surface area contributed by atoms with Gasteiger partial charge in [0.1, 0.15) is 19.7 Å². The molecule has 0 atom stereocenters. The number of halogens is 3. The minimum atomic E-state index is -1.40. The first-order valence-corrected chi connectivity index (χ1v) is 21.4. The predicted octanol–water partition coefficient (Wildman–Crippen LogP) is 3.93. The number of fused-ring (bicyclic) bond motifs is 2. The van der Waals surface area contributed by atoms with E-state index in [0.29, 0.717) is 44.0 Å². The Morgan fingerprint density at radius 2 is 1.07 bits per heavy atom. The molecule has 0 spiro atoms. The van der Waals surface area contributed by atoms with Crippen molar-refractivity contribution in [2.24, 2.45) is 0 Å². The van der Waals surface area contributed by atoms with E-state index in [0.717, 1.165) is 69.4 Å². The Kier molecular flexibility index (Phi) is 14.6. The van der Waals surface area contributed by atoms with Gasteiger partial charge in [-0.3, -0.25) is 0 Å². The van der Waals surface area contributed by atoms with Gasteiger partial charge in [-0.05, 0) is 95.5 Å². The van der Waals surface area contributed by atoms with Gasteiger partial charge < -0.3 is 23.7 Å². The van der Waals surface area contributed by atoms with Crippen LogP contribution in [-0.4, -0.2) is 34.5 Å². The van der Waals surface area contributed by atoms with E-state index in [-0.39, 0.29) is 67.7 Å². The number of benzene rings is 4. The van der Waals surface area contributed by atoms with Crippen molar-refractivity contribution in [2.75, 3.05) is 26.4 Å². The van der Waals surface area contributed by atoms with Crippen molar-refractivity contribution in [1.29, 1.82) is 0 Å². The molecular formula is C45H42F3KO4Si. The van der Waals surface area contributed by atoms with Gasteiger partial charge in [-0.1, -0.05) is 80.0 Å². The molecule has 4 aliphatic rings. The molecule has 9 heteroatoms. The van der Waals surface area contributed by atoms with Crippen molar-refractivity contribution < 1.29 is 83.8 Å². The third kappa shape index (κ3) is 10.2. The first-order chi connectivity index (χ1) is 25.1. The Morgan fingerprint density at radius 3 is 1.50 bits per heavy atom. The number of ether oxygens (including phenoxy) is 4. The number of rotatable bonds is 4. The fourth-order valence-electron chi connectivity index (χ4n) is 6.70. The zero-order valence-corrected chi connectivity index (χ0v) is 35.4. The normalized spacial score (nSPS) is 16.4. The van der Waals surface area contributed by atoms with Gasteiger partial charge in [0.15, 0.2) is 12.6 Å². The molecule has 0 unspecified atom stereocenters. The fraction of sp³-hybridized carbons (Fsp3) is 0.289. The minimum absolute atomic E-state index is 0. The standard InChI is InChI=1S/C24H25FO2Si.C21H17FO2.FH.K/c1-28(2,3)12-9-17-5-6-18-14-21(15-20(18)13-17)22-8-7-19(16-23(22)25)24-26-10-4-11-27-24;1-2-14-4-5-15-11-18(12-17(15)10-14)19-7-6-16(13-20(19)22)21-23-8-3-9-24-21;;/h5-8,13-14,16,24H,4,10-11,15H2,1-3H3;1,4-7,10-11,13,21H,3,8-9,12H2;1H;/q;;;+1/p-1. The van der Waals surface area contributed by atoms with Crippen LogP contribution in [0, 0.1) is 35.4 Å². The number of allylic oxidation sites excluding steroid dienone is 2. The molecule has 0 aromatic heterocycles. The summed E-state index contributed by atoms with van der Waals surface area (Å²) in [6, 6.07) is 22.7. The SMILES string of the molecule is C#Cc1ccc2c(c1)CC(c1ccc(C3OCCCO3)cc1F)=C2.C[Si](C)(C)C#Cc1ccc2c(c1)CC(c1ccc(C3OCCCO3)cc1F)=C2.[F-].[K+]. The van der Waals surface area contributed by atoms with Crippen molar-refractivity contribution >= 4 is 31.4 Å². The summed E-state index contributed by atoms with van der Waals surface area (Å²) >= 11 is 0. The van der Waals surface area contributed by atoms with Crippen LogP contribution in [0.2, 0.25) is 19.6 Å². The van der Waals surface area contributed by atoms with Gasteiger partial charge in [-0.2, -0.15) is 0 Å². The number of hydrogen-bond acceptors (Lipinski definition) is 4. The minimum Gasteiger partial charge on any atom is -1.00 e. The van der Waals surface area contributed by atoms with Crippen LogP contribution >= 0.6 is 0 Å². The second-order valence-electron chi connectivity index (χ2n) is 14.5. The maximum Gasteiger partial charge on any atom is 1.00 e. The quantitative estimate of drug-likeness (QED) is 0.233. The van der Waals surface area contributed by atoms with Crippen LogP contribution in [-0.2, 0) is 31.8 Å². The van der Waals surface area contributed by atoms with Gasteiger partial charge in [0.2, 0.25) is 0 Å². The molecule has 2 fully saturated rings. The van der Waals surface area contributed by atoms with E-state index < -0.39 is 20.7 Å². The molecule has 54 heavy (non-hydrogen) atoms. The maximum absolute atomic E-state index is 14.8. The molecule has 2 heterocycles. The largest absolute Gasteiger partial charge is 1.00 e. The smallest absolute Gasteiger partial charge is 1.00 e. The fourth-order valence-corrected chi connectivity index (χ4v) is 7.22. The van der Waals surface area contributed by atoms with Gasteiger partial charge in [-0.25, -0.2) is 8.78 Å². The summed E-state index contributed by atoms with van der Waals surface area (Å²) in [7, 11) is -1.40. The summed E-state index contributed by atoms with van der Waals surface area (Å²) in [5.74, 6) is 5.48. The average Bonchev–Trinajstić information content (AvgIpc) is 3.78. The zero-order valence-electron chi connectivity index (χ0n) is 31.2. The van der Waals surface area contributed by atoms with E-state index in [1.54, 1.807) is 6.07 Å². The van der Waals surface area contributed by atoms with Crippen molar-refractivity contribution in [2.45, 2.75) is 57.9 Å². The Balaban J connectivity index is 0.000000202. The molecule has 2 saturated heterocycles. The summed E-state index contributed by atoms with van der Waals surface area (Å²) in [6.45, 7) is 9.31. The third-order valence-corrected chi connectivity index (χ3v) is 10.2. The summed E-state index contributed by atoms with van der Waals surface area (Å²) < 4.78 is 51.7. The van der Waals surface area contributed by atoms with Gasteiger partial charge in [0.05, 0.1) is 26.4 Å². The van der Waals surface area contributed by atoms with E-state index in [4.69, 9.17) is 25.4 Å². The number of hydrogen-bond donors (Lipinski definition) is 0. The average molecular weight is 771 g/mol. The molecule has 8 rings (SSSR count). The van der Waals surface area contributed by atoms with Crippen molar-refractivity contribution in [3.8, 4) is 23.8 Å². The molecule has 0 bridgehead atoms. The summed E-state index contributed by atoms with van der Waals surface area (Å²) in [5, 5.41) is 0. The Labute approximate surface area is 360 Å². The van der Waals surface area contributed by atoms with Crippen molar-refractivity contribution in [1.82, 2.24) is 0 Å². The van der Waals surface area contributed by atoms with Crippen LogP contribution in [0.15, 0.2) is 72.8 Å². The Morgan fingerprint density at radius 1 is 0.630 bits per heavy atom. The van der Waals surface area contributed by atoms with E-state index in [2.05, 4.69) is 61.3 Å². The molecule has 2 aliphatic heterocycles. The second-order valence-corrected chi connectivity index (χ2v) is 19.2. The maximum atomic E-state index is 14.8. The first-order valence-electron chi connectivity index (χ1n) is 17.9. The van der Waals surface area contributed by atoms with Crippen LogP contribution in [0.3, 0.4) is 0 Å². The Hall–Kier alpha value is -3.04. The van der Waals surface area contributed by atoms with Gasteiger partial charge in [0.25, 0.3) is 0 Å². The van der Waals surface area contributed by atoms with Gasteiger partial charge in [0, 0.05) is 33.4 Å². The van der Waals surface area contributed by atoms with Gasteiger partial charge >= 0.3 is 51.4 Å². The van der Waals surface area contributed by atoms with Crippen LogP contribution < -0.4 is 56.1 Å². The molecule has 2 aliphatic carbocycles. The first kappa shape index (κ1) is 42.1. The van der Waals surface area contributed by atoms with E-state index in [1.807, 2.05) is 48.5 Å². The molecule has 0 amide bonds. The molecule has 4 nitrogen and oxygen atoms in total. The van der Waals surface area contributed by atoms with Crippen LogP contribution in [0.4, 0.5) is 8.78 Å². The molecule has 4 aromatic carbocycles. The molecular weight excluding hydrogens is 729 g/mol. The predicted molar refractivity (Wildman–Crippen MR) is 206 cm³/mol. The zero-order chi connectivity index (χ0) is 36.2. The topological polar surface area (TPSA) is 36.9 Å². The Bertz CT molecular complexity index is 2160. The number of terminal acetylenes is 1. The molecule has 0 saturated carbocycles. The van der Waals surface area contributed by atoms with Gasteiger partial charge in [-0.15, -0.1) is 12.0 Å².